The van der Waals surface area contributed by atoms with Crippen LogP contribution in [0.15, 0.2) is 85.1 Å². The fraction of sp³-hybridized carbons (Fsp3) is 0.652. The van der Waals surface area contributed by atoms with Gasteiger partial charge >= 0.3 is 19.8 Å². The summed E-state index contributed by atoms with van der Waals surface area (Å²) in [7, 11) is -4.65. The molecule has 3 unspecified atom stereocenters. The Labute approximate surface area is 349 Å². The maximum atomic E-state index is 12.6. The first-order chi connectivity index (χ1) is 28.2. The van der Waals surface area contributed by atoms with Crippen molar-refractivity contribution in [3.05, 3.63) is 85.1 Å². The summed E-state index contributed by atoms with van der Waals surface area (Å²) in [6.07, 6.45) is 45.9. The maximum absolute atomic E-state index is 12.6. The highest BCUT2D eigenvalue weighted by Gasteiger charge is 2.36. The molecular formula is C46H75O11P. The second kappa shape index (κ2) is 37.1. The van der Waals surface area contributed by atoms with Crippen LogP contribution in [0, 0.1) is 0 Å². The highest BCUT2D eigenvalue weighted by molar-refractivity contribution is 7.47. The van der Waals surface area contributed by atoms with Crippen molar-refractivity contribution in [2.75, 3.05) is 26.4 Å². The molecule has 0 aromatic rings. The maximum Gasteiger partial charge on any atom is 0.472 e. The van der Waals surface area contributed by atoms with Gasteiger partial charge in [-0.3, -0.25) is 18.6 Å². The number of phosphoric acid groups is 1. The fourth-order valence-corrected chi connectivity index (χ4v) is 6.22. The number of hydrogen-bond acceptors (Lipinski definition) is 10. The molecule has 12 heteroatoms. The molecular weight excluding hydrogens is 759 g/mol. The van der Waals surface area contributed by atoms with Gasteiger partial charge in [0.05, 0.1) is 32.0 Å². The van der Waals surface area contributed by atoms with Gasteiger partial charge in [-0.2, -0.15) is 0 Å². The van der Waals surface area contributed by atoms with Gasteiger partial charge in [-0.15, -0.1) is 0 Å². The van der Waals surface area contributed by atoms with Crippen LogP contribution in [0.3, 0.4) is 0 Å². The van der Waals surface area contributed by atoms with E-state index >= 15 is 0 Å². The Kier molecular flexibility index (Phi) is 34.0. The summed E-state index contributed by atoms with van der Waals surface area (Å²) < 4.78 is 38.3. The summed E-state index contributed by atoms with van der Waals surface area (Å²) in [6.45, 7) is 2.16. The van der Waals surface area contributed by atoms with Gasteiger partial charge in [0.1, 0.15) is 12.7 Å². The van der Waals surface area contributed by atoms with Crippen molar-refractivity contribution in [1.29, 1.82) is 0 Å². The van der Waals surface area contributed by atoms with Crippen molar-refractivity contribution in [1.82, 2.24) is 0 Å². The van der Waals surface area contributed by atoms with Crippen molar-refractivity contribution in [3.63, 3.8) is 0 Å². The van der Waals surface area contributed by atoms with E-state index in [1.54, 1.807) is 0 Å². The Hall–Kier alpha value is -2.89. The summed E-state index contributed by atoms with van der Waals surface area (Å²) in [6, 6.07) is 0. The number of epoxide rings is 1. The summed E-state index contributed by atoms with van der Waals surface area (Å²) in [5.41, 5.74) is 0. The first kappa shape index (κ1) is 53.1. The Bertz CT molecular complexity index is 1300. The lowest BCUT2D eigenvalue weighted by atomic mass is 10.1. The number of carbonyl (C=O) groups excluding carboxylic acids is 2. The number of allylic oxidation sites excluding steroid dienone is 12. The third-order valence-electron chi connectivity index (χ3n) is 8.92. The smallest absolute Gasteiger partial charge is 0.462 e. The van der Waals surface area contributed by atoms with E-state index in [9.17, 15) is 24.2 Å². The molecule has 0 aliphatic carbocycles. The second-order valence-electron chi connectivity index (χ2n) is 14.4. The highest BCUT2D eigenvalue weighted by Crippen LogP contribution is 2.43. The van der Waals surface area contributed by atoms with Crippen LogP contribution in [0.5, 0.6) is 0 Å². The molecule has 1 fully saturated rings. The van der Waals surface area contributed by atoms with E-state index in [0.29, 0.717) is 37.9 Å². The van der Waals surface area contributed by atoms with Gasteiger partial charge in [-0.05, 0) is 89.9 Å². The molecule has 330 valence electrons. The van der Waals surface area contributed by atoms with Crippen molar-refractivity contribution in [2.45, 2.75) is 167 Å². The van der Waals surface area contributed by atoms with Crippen LogP contribution in [-0.4, -0.2) is 77.9 Å². The third-order valence-corrected chi connectivity index (χ3v) is 9.88. The molecule has 58 heavy (non-hydrogen) atoms. The Morgan fingerprint density at radius 2 is 1.03 bits per heavy atom. The lowest BCUT2D eigenvalue weighted by Crippen LogP contribution is -2.29. The van der Waals surface area contributed by atoms with Crippen molar-refractivity contribution >= 4 is 19.8 Å². The molecule has 0 amide bonds. The zero-order valence-electron chi connectivity index (χ0n) is 35.4. The molecule has 0 radical (unpaired) electrons. The van der Waals surface area contributed by atoms with Crippen LogP contribution in [0.2, 0.25) is 0 Å². The Morgan fingerprint density at radius 3 is 1.55 bits per heavy atom. The number of aliphatic hydroxyl groups excluding tert-OH is 2. The topological polar surface area (TPSA) is 161 Å². The number of rotatable bonds is 38. The highest BCUT2D eigenvalue weighted by atomic mass is 31.2. The van der Waals surface area contributed by atoms with E-state index in [4.69, 9.17) is 23.8 Å². The van der Waals surface area contributed by atoms with Crippen LogP contribution in [-0.2, 0) is 37.4 Å². The van der Waals surface area contributed by atoms with Crippen molar-refractivity contribution < 1.29 is 52.5 Å². The monoisotopic (exact) mass is 835 g/mol. The van der Waals surface area contributed by atoms with E-state index in [0.717, 1.165) is 51.4 Å². The minimum Gasteiger partial charge on any atom is -0.462 e. The summed E-state index contributed by atoms with van der Waals surface area (Å²) >= 11 is 0. The van der Waals surface area contributed by atoms with Crippen LogP contribution < -0.4 is 0 Å². The number of unbranched alkanes of at least 4 members (excludes halogenated alkanes) is 8. The fourth-order valence-electron chi connectivity index (χ4n) is 5.43. The average molecular weight is 835 g/mol. The standard InChI is InChI=1S/C46H75O11P/c1-3-5-7-9-11-12-13-14-15-16-17-18-19-20-23-27-31-35-45(49)53-39-42(40-55-58(51,52)54-38-41(48)37-47)56-46(50)36-32-28-24-21-22-26-30-34-44-43(57-44)33-29-25-10-8-6-4-2/h11-12,14-15,17-18,20-21,23-26,29-30,41-44,47-48H,3-10,13,16,19,22,27-28,31-40H2,1-2H3,(H,51,52)/b12-11-,15-14-,18-17-,23-20-,24-21-,29-25-,30-26-/t41-,42+,43?,44?/m0/s1. The summed E-state index contributed by atoms with van der Waals surface area (Å²) in [5.74, 6) is -1.07. The molecule has 1 rings (SSSR count). The molecule has 0 aromatic carbocycles. The lowest BCUT2D eigenvalue weighted by molar-refractivity contribution is -0.161. The SMILES string of the molecule is CCCCC/C=C\C/C=C\C/C=C\C/C=C\CCCC(=O)OC[C@H](COP(=O)(O)OC[C@@H](O)CO)OC(=O)CCC/C=C\C/C=C\CC1OC1C/C=C\CCCCC. The van der Waals surface area contributed by atoms with Gasteiger partial charge < -0.3 is 29.3 Å². The number of ether oxygens (including phenoxy) is 3. The number of carbonyl (C=O) groups is 2. The van der Waals surface area contributed by atoms with E-state index in [1.807, 2.05) is 18.2 Å². The van der Waals surface area contributed by atoms with Crippen LogP contribution >= 0.6 is 7.82 Å². The lowest BCUT2D eigenvalue weighted by Gasteiger charge is -2.20. The van der Waals surface area contributed by atoms with Crippen LogP contribution in [0.4, 0.5) is 0 Å². The molecule has 1 saturated heterocycles. The Balaban J connectivity index is 2.35. The minimum atomic E-state index is -4.65. The van der Waals surface area contributed by atoms with Gasteiger partial charge in [-0.25, -0.2) is 4.57 Å². The quantitative estimate of drug-likeness (QED) is 0.0178. The number of esters is 2. The molecule has 5 atom stereocenters. The zero-order chi connectivity index (χ0) is 42.4. The predicted octanol–water partition coefficient (Wildman–Crippen LogP) is 10.4. The first-order valence-corrected chi connectivity index (χ1v) is 23.2. The normalized spacial score (nSPS) is 18.2. The second-order valence-corrected chi connectivity index (χ2v) is 15.8. The largest absolute Gasteiger partial charge is 0.472 e. The molecule has 1 aliphatic rings. The summed E-state index contributed by atoms with van der Waals surface area (Å²) in [4.78, 5) is 35.0. The number of phosphoric ester groups is 1. The predicted molar refractivity (Wildman–Crippen MR) is 232 cm³/mol. The van der Waals surface area contributed by atoms with E-state index in [1.165, 1.54) is 38.5 Å². The van der Waals surface area contributed by atoms with Gasteiger partial charge in [0, 0.05) is 12.8 Å². The molecule has 11 nitrogen and oxygen atoms in total. The van der Waals surface area contributed by atoms with Crippen molar-refractivity contribution in [3.8, 4) is 0 Å². The van der Waals surface area contributed by atoms with Gasteiger partial charge in [0.2, 0.25) is 0 Å². The van der Waals surface area contributed by atoms with Crippen LogP contribution in [0.1, 0.15) is 142 Å². The zero-order valence-corrected chi connectivity index (χ0v) is 36.3. The molecule has 0 spiro atoms. The third kappa shape index (κ3) is 34.0. The number of hydrogen-bond donors (Lipinski definition) is 3. The average Bonchev–Trinajstić information content (AvgIpc) is 3.97. The Morgan fingerprint density at radius 1 is 0.603 bits per heavy atom. The summed E-state index contributed by atoms with van der Waals surface area (Å²) in [5, 5.41) is 18.3. The first-order valence-electron chi connectivity index (χ1n) is 21.7. The van der Waals surface area contributed by atoms with Crippen molar-refractivity contribution in [2.24, 2.45) is 0 Å². The van der Waals surface area contributed by atoms with Gasteiger partial charge in [-0.1, -0.05) is 125 Å². The molecule has 0 bridgehead atoms. The van der Waals surface area contributed by atoms with E-state index in [-0.39, 0.29) is 19.4 Å². The van der Waals surface area contributed by atoms with Gasteiger partial charge in [0.25, 0.3) is 0 Å². The van der Waals surface area contributed by atoms with Gasteiger partial charge in [0.15, 0.2) is 6.10 Å². The van der Waals surface area contributed by atoms with E-state index in [2.05, 4.69) is 85.2 Å². The molecule has 3 N–H and O–H groups in total. The van der Waals surface area contributed by atoms with E-state index < -0.39 is 51.8 Å². The molecule has 0 aromatic heterocycles. The van der Waals surface area contributed by atoms with Crippen LogP contribution in [0.25, 0.3) is 0 Å². The molecule has 1 heterocycles. The molecule has 1 aliphatic heterocycles. The minimum absolute atomic E-state index is 0.0864. The number of aliphatic hydroxyl groups is 2. The molecule has 0 saturated carbocycles.